The lowest BCUT2D eigenvalue weighted by molar-refractivity contribution is 0.130. The van der Waals surface area contributed by atoms with Crippen molar-refractivity contribution in [3.05, 3.63) is 88.7 Å². The molecule has 0 aliphatic carbocycles. The first-order valence-corrected chi connectivity index (χ1v) is 8.41. The summed E-state index contributed by atoms with van der Waals surface area (Å²) in [6.45, 7) is 2.03. The van der Waals surface area contributed by atoms with Crippen molar-refractivity contribution in [1.29, 1.82) is 5.39 Å². The normalized spacial score (nSPS) is 13.3. The summed E-state index contributed by atoms with van der Waals surface area (Å²) in [7, 11) is 0. The third-order valence-corrected chi connectivity index (χ3v) is 4.06. The van der Waals surface area contributed by atoms with Gasteiger partial charge in [-0.05, 0) is 17.5 Å². The summed E-state index contributed by atoms with van der Waals surface area (Å²) in [4.78, 5) is 15.2. The van der Waals surface area contributed by atoms with Gasteiger partial charge >= 0.3 is 12.3 Å². The number of nitrogens with zero attached hydrogens (tertiary/aromatic N) is 2. The van der Waals surface area contributed by atoms with E-state index in [4.69, 9.17) is 10.1 Å². The van der Waals surface area contributed by atoms with Crippen molar-refractivity contribution in [3.8, 4) is 0 Å². The lowest BCUT2D eigenvalue weighted by Gasteiger charge is -2.25. The predicted octanol–water partition coefficient (Wildman–Crippen LogP) is 4.93. The molecule has 2 aromatic carbocycles. The number of ether oxygens (including phenoxy) is 1. The van der Waals surface area contributed by atoms with Crippen LogP contribution in [0.1, 0.15) is 30.5 Å². The maximum atomic E-state index is 12.3. The maximum absolute atomic E-state index is 12.3. The third-order valence-electron chi connectivity index (χ3n) is 4.06. The van der Waals surface area contributed by atoms with Crippen molar-refractivity contribution in [1.82, 2.24) is 5.32 Å². The number of aliphatic hydroxyl groups is 1. The van der Waals surface area contributed by atoms with Gasteiger partial charge in [0, 0.05) is 5.92 Å². The number of carbonyl (C=O) groups is 1. The van der Waals surface area contributed by atoms with E-state index in [2.05, 4.69) is 10.3 Å². The summed E-state index contributed by atoms with van der Waals surface area (Å²) >= 11 is 0. The fourth-order valence-electron chi connectivity index (χ4n) is 2.74. The molecule has 2 atom stereocenters. The Morgan fingerprint density at radius 3 is 2.38 bits per heavy atom. The molecule has 6 nitrogen and oxygen atoms in total. The van der Waals surface area contributed by atoms with Gasteiger partial charge in [-0.25, -0.2) is 4.79 Å². The molecule has 0 spiro atoms. The Kier molecular flexibility index (Phi) is 7.19. The molecule has 0 aliphatic rings. The highest BCUT2D eigenvalue weighted by atomic mass is 16.5. The van der Waals surface area contributed by atoms with Crippen LogP contribution >= 0.6 is 0 Å². The van der Waals surface area contributed by atoms with E-state index in [0.717, 1.165) is 17.3 Å². The minimum atomic E-state index is -0.588. The molecule has 1 amide bonds. The first kappa shape index (κ1) is 19.0. The molecule has 0 heterocycles. The summed E-state index contributed by atoms with van der Waals surface area (Å²) in [6.07, 6.45) is 0.909. The highest BCUT2D eigenvalue weighted by Gasteiger charge is 2.29. The van der Waals surface area contributed by atoms with E-state index in [1.807, 2.05) is 67.6 Å². The van der Waals surface area contributed by atoms with Gasteiger partial charge in [-0.2, -0.15) is 0 Å². The van der Waals surface area contributed by atoms with Gasteiger partial charge in [-0.15, -0.1) is 0 Å². The highest BCUT2D eigenvalue weighted by Crippen LogP contribution is 2.30. The Labute approximate surface area is 152 Å². The van der Waals surface area contributed by atoms with E-state index >= 15 is 0 Å². The van der Waals surface area contributed by atoms with Crippen molar-refractivity contribution in [2.45, 2.75) is 26.0 Å². The zero-order valence-electron chi connectivity index (χ0n) is 14.6. The molecule has 2 rings (SSSR count). The van der Waals surface area contributed by atoms with Crippen LogP contribution in [0.5, 0.6) is 0 Å². The molecule has 0 bridgehead atoms. The Bertz CT molecular complexity index is 770. The van der Waals surface area contributed by atoms with Crippen LogP contribution in [0.4, 0.5) is 4.79 Å². The second-order valence-electron chi connectivity index (χ2n) is 5.78. The van der Waals surface area contributed by atoms with Crippen molar-refractivity contribution in [2.75, 3.05) is 0 Å². The number of aliphatic hydroxyl groups excluding tert-OH is 1. The number of nitrogens with one attached hydrogen (secondary N) is 1. The second-order valence-corrected chi connectivity index (χ2v) is 5.78. The quantitative estimate of drug-likeness (QED) is 0.546. The highest BCUT2D eigenvalue weighted by molar-refractivity contribution is 5.68. The Balaban J connectivity index is 2.14. The molecule has 0 saturated carbocycles. The number of hydrogen-bond donors (Lipinski definition) is 2. The topological polar surface area (TPSA) is 86.7 Å². The average molecular weight is 352 g/mol. The molecule has 0 radical (unpaired) electrons. The average Bonchev–Trinajstić information content (AvgIpc) is 2.68. The van der Waals surface area contributed by atoms with E-state index < -0.39 is 18.1 Å². The Hall–Kier alpha value is -3.33. The molecular formula is C20H22N3O3+. The first-order valence-electron chi connectivity index (χ1n) is 8.41. The zero-order chi connectivity index (χ0) is 18.8. The van der Waals surface area contributed by atoms with Gasteiger partial charge in [0.1, 0.15) is 6.61 Å². The first-order chi connectivity index (χ1) is 12.7. The summed E-state index contributed by atoms with van der Waals surface area (Å²) in [5.41, 5.74) is 1.70. The van der Waals surface area contributed by atoms with Gasteiger partial charge in [-0.1, -0.05) is 67.6 Å². The third kappa shape index (κ3) is 5.35. The minimum Gasteiger partial charge on any atom is -0.505 e. The van der Waals surface area contributed by atoms with Crippen LogP contribution < -0.4 is 5.32 Å². The van der Waals surface area contributed by atoms with E-state index in [9.17, 15) is 9.90 Å². The summed E-state index contributed by atoms with van der Waals surface area (Å²) in [5.74, 6) is -0.579. The number of hydrogen-bond acceptors (Lipinski definition) is 4. The van der Waals surface area contributed by atoms with Crippen LogP contribution in [-0.2, 0) is 11.3 Å². The van der Waals surface area contributed by atoms with E-state index in [-0.39, 0.29) is 12.4 Å². The van der Waals surface area contributed by atoms with Crippen molar-refractivity contribution in [2.24, 2.45) is 5.92 Å². The van der Waals surface area contributed by atoms with Crippen LogP contribution in [0.25, 0.3) is 4.98 Å². The molecule has 2 aromatic rings. The monoisotopic (exact) mass is 352 g/mol. The van der Waals surface area contributed by atoms with Gasteiger partial charge in [0.2, 0.25) is 5.39 Å². The number of diazo groups is 1. The van der Waals surface area contributed by atoms with Crippen molar-refractivity contribution >= 4 is 6.09 Å². The summed E-state index contributed by atoms with van der Waals surface area (Å²) in [6, 6.07) is 18.1. The van der Waals surface area contributed by atoms with Gasteiger partial charge in [0.25, 0.3) is 0 Å². The fraction of sp³-hybridized carbons (Fsp3) is 0.250. The number of benzene rings is 2. The smallest absolute Gasteiger partial charge is 0.407 e. The molecule has 134 valence electrons. The van der Waals surface area contributed by atoms with E-state index in [0.29, 0.717) is 6.42 Å². The Morgan fingerprint density at radius 2 is 1.81 bits per heavy atom. The van der Waals surface area contributed by atoms with Crippen LogP contribution in [-0.4, -0.2) is 11.2 Å². The molecule has 0 aliphatic heterocycles. The van der Waals surface area contributed by atoms with Crippen molar-refractivity contribution in [3.63, 3.8) is 0 Å². The van der Waals surface area contributed by atoms with Gasteiger partial charge in [0.05, 0.1) is 6.04 Å². The van der Waals surface area contributed by atoms with Crippen LogP contribution in [0.15, 0.2) is 72.6 Å². The Morgan fingerprint density at radius 1 is 1.19 bits per heavy atom. The SMILES string of the molecule is CC[C@@H](/C(O)=C/[N+]#N)[C@@H](NC(=O)OCc1ccccc1)c1ccccc1. The number of rotatable bonds is 7. The second kappa shape index (κ2) is 9.84. The lowest BCUT2D eigenvalue weighted by Crippen LogP contribution is -2.34. The van der Waals surface area contributed by atoms with Crippen molar-refractivity contribution < 1.29 is 14.6 Å². The number of alkyl carbamates (subject to hydrolysis) is 1. The molecule has 26 heavy (non-hydrogen) atoms. The molecule has 0 saturated heterocycles. The zero-order valence-corrected chi connectivity index (χ0v) is 14.6. The molecule has 0 unspecified atom stereocenters. The van der Waals surface area contributed by atoms with Gasteiger partial charge < -0.3 is 15.2 Å². The molecule has 0 aromatic heterocycles. The largest absolute Gasteiger partial charge is 0.505 e. The fourth-order valence-corrected chi connectivity index (χ4v) is 2.74. The van der Waals surface area contributed by atoms with Crippen LogP contribution in [0.3, 0.4) is 0 Å². The van der Waals surface area contributed by atoms with E-state index in [1.54, 1.807) is 0 Å². The van der Waals surface area contributed by atoms with Crippen LogP contribution in [0.2, 0.25) is 0 Å². The summed E-state index contributed by atoms with van der Waals surface area (Å²) < 4.78 is 5.29. The van der Waals surface area contributed by atoms with Crippen LogP contribution in [0, 0.1) is 11.3 Å². The number of amides is 1. The molecule has 2 N–H and O–H groups in total. The predicted molar refractivity (Wildman–Crippen MR) is 98.5 cm³/mol. The minimum absolute atomic E-state index is 0.118. The lowest BCUT2D eigenvalue weighted by atomic mass is 9.89. The van der Waals surface area contributed by atoms with E-state index in [1.165, 1.54) is 0 Å². The summed E-state index contributed by atoms with van der Waals surface area (Å²) in [5, 5.41) is 21.7. The molecule has 6 heteroatoms. The maximum Gasteiger partial charge on any atom is 0.407 e. The number of carbonyl (C=O) groups excluding carboxylic acids is 1. The van der Waals surface area contributed by atoms with Gasteiger partial charge in [-0.3, -0.25) is 0 Å². The van der Waals surface area contributed by atoms with Gasteiger partial charge in [0.15, 0.2) is 10.7 Å². The molecule has 0 fully saturated rings. The standard InChI is InChI=1S/C20H21N3O3/c1-2-17(18(24)13-22-21)19(16-11-7-4-8-12-16)23-20(25)26-14-15-9-5-3-6-10-15/h3-13,17,19H,2,14H2,1H3,(H-,23,24,25)/p+1/b18-13-/t17-,19-/m0/s1. The molecular weight excluding hydrogens is 330 g/mol.